The monoisotopic (exact) mass is 378 g/mol. The van der Waals surface area contributed by atoms with Gasteiger partial charge in [0, 0.05) is 24.2 Å². The van der Waals surface area contributed by atoms with E-state index in [2.05, 4.69) is 5.32 Å². The molecule has 1 amide bonds. The number of fused-ring (bicyclic) bond motifs is 1. The van der Waals surface area contributed by atoms with E-state index < -0.39 is 5.60 Å². The van der Waals surface area contributed by atoms with E-state index in [0.29, 0.717) is 18.1 Å². The maximum absolute atomic E-state index is 12.1. The summed E-state index contributed by atoms with van der Waals surface area (Å²) in [5.41, 5.74) is 0.444. The van der Waals surface area contributed by atoms with Gasteiger partial charge in [-0.2, -0.15) is 0 Å². The van der Waals surface area contributed by atoms with Crippen molar-refractivity contribution in [1.82, 2.24) is 9.88 Å². The summed E-state index contributed by atoms with van der Waals surface area (Å²) in [7, 11) is 0. The molecular weight excluding hydrogens is 352 g/mol. The standard InChI is InChI=1S/C20H27ClN2O3/c1-20(2,3)26-19(25)22-12-6-4-5-7-13-23-17-10-9-16(21)14-15(17)8-11-18(23)24/h8-11,14H,4-7,12-13H2,1-3H3,(H,22,25). The maximum atomic E-state index is 12.1. The molecule has 6 heteroatoms. The molecule has 142 valence electrons. The van der Waals surface area contributed by atoms with E-state index in [0.717, 1.165) is 36.6 Å². The fraction of sp³-hybridized carbons (Fsp3) is 0.500. The number of rotatable bonds is 7. The molecule has 0 radical (unpaired) electrons. The highest BCUT2D eigenvalue weighted by Crippen LogP contribution is 2.18. The Bertz CT molecular complexity index is 809. The molecule has 0 saturated heterocycles. The summed E-state index contributed by atoms with van der Waals surface area (Å²) in [6.45, 7) is 6.81. The normalized spacial score (nSPS) is 11.5. The molecule has 1 heterocycles. The van der Waals surface area contributed by atoms with Crippen LogP contribution in [-0.2, 0) is 11.3 Å². The van der Waals surface area contributed by atoms with Gasteiger partial charge < -0.3 is 14.6 Å². The zero-order chi connectivity index (χ0) is 19.2. The van der Waals surface area contributed by atoms with Crippen molar-refractivity contribution >= 4 is 28.6 Å². The van der Waals surface area contributed by atoms with E-state index in [-0.39, 0.29) is 11.7 Å². The second-order valence-electron chi connectivity index (χ2n) is 7.37. The minimum atomic E-state index is -0.472. The molecule has 2 rings (SSSR count). The molecule has 1 N–H and O–H groups in total. The average Bonchev–Trinajstić information content (AvgIpc) is 2.54. The third-order valence-electron chi connectivity index (χ3n) is 3.93. The van der Waals surface area contributed by atoms with Crippen molar-refractivity contribution in [3.8, 4) is 0 Å². The fourth-order valence-corrected chi connectivity index (χ4v) is 2.94. The molecule has 0 aliphatic rings. The van der Waals surface area contributed by atoms with Gasteiger partial charge in [-0.15, -0.1) is 0 Å². The Morgan fingerprint density at radius 3 is 2.58 bits per heavy atom. The Kier molecular flexibility index (Phi) is 7.09. The summed E-state index contributed by atoms with van der Waals surface area (Å²) >= 11 is 6.02. The number of ether oxygens (including phenoxy) is 1. The van der Waals surface area contributed by atoms with Crippen LogP contribution in [0.25, 0.3) is 10.9 Å². The highest BCUT2D eigenvalue weighted by Gasteiger charge is 2.15. The van der Waals surface area contributed by atoms with Crippen molar-refractivity contribution in [3.63, 3.8) is 0 Å². The summed E-state index contributed by atoms with van der Waals surface area (Å²) in [5.74, 6) is 0. The van der Waals surface area contributed by atoms with Gasteiger partial charge in [-0.25, -0.2) is 4.79 Å². The number of aromatic nitrogens is 1. The number of amides is 1. The van der Waals surface area contributed by atoms with Crippen molar-refractivity contribution in [1.29, 1.82) is 0 Å². The van der Waals surface area contributed by atoms with Gasteiger partial charge in [0.25, 0.3) is 5.56 Å². The van der Waals surface area contributed by atoms with Gasteiger partial charge in [0.1, 0.15) is 5.60 Å². The molecule has 5 nitrogen and oxygen atoms in total. The van der Waals surface area contributed by atoms with E-state index in [4.69, 9.17) is 16.3 Å². The quantitative estimate of drug-likeness (QED) is 0.708. The highest BCUT2D eigenvalue weighted by molar-refractivity contribution is 6.31. The number of alkyl carbamates (subject to hydrolysis) is 1. The van der Waals surface area contributed by atoms with Gasteiger partial charge in [-0.3, -0.25) is 4.79 Å². The van der Waals surface area contributed by atoms with Crippen molar-refractivity contribution < 1.29 is 9.53 Å². The molecule has 0 aliphatic heterocycles. The minimum absolute atomic E-state index is 0.00594. The highest BCUT2D eigenvalue weighted by atomic mass is 35.5. The van der Waals surface area contributed by atoms with E-state index in [1.807, 2.05) is 45.0 Å². The second kappa shape index (κ2) is 9.08. The van der Waals surface area contributed by atoms with Gasteiger partial charge in [0.15, 0.2) is 0 Å². The Balaban J connectivity index is 1.74. The number of nitrogens with zero attached hydrogens (tertiary/aromatic N) is 1. The van der Waals surface area contributed by atoms with Crippen LogP contribution in [0.2, 0.25) is 5.02 Å². The fourth-order valence-electron chi connectivity index (χ4n) is 2.76. The molecule has 0 unspecified atom stereocenters. The number of unbranched alkanes of at least 4 members (excludes halogenated alkanes) is 3. The molecule has 26 heavy (non-hydrogen) atoms. The van der Waals surface area contributed by atoms with Gasteiger partial charge in [0.05, 0.1) is 5.52 Å². The average molecular weight is 379 g/mol. The number of pyridine rings is 1. The maximum Gasteiger partial charge on any atom is 0.407 e. The second-order valence-corrected chi connectivity index (χ2v) is 7.81. The van der Waals surface area contributed by atoms with Gasteiger partial charge >= 0.3 is 6.09 Å². The molecule has 0 spiro atoms. The number of aryl methyl sites for hydroxylation is 1. The first-order valence-electron chi connectivity index (χ1n) is 9.02. The van der Waals surface area contributed by atoms with Crippen LogP contribution in [0, 0.1) is 0 Å². The first-order valence-corrected chi connectivity index (χ1v) is 9.40. The first kappa shape index (κ1) is 20.3. The molecule has 2 aromatic rings. The summed E-state index contributed by atoms with van der Waals surface area (Å²) < 4.78 is 6.98. The predicted molar refractivity (Wildman–Crippen MR) is 106 cm³/mol. The van der Waals surface area contributed by atoms with E-state index in [1.165, 1.54) is 0 Å². The largest absolute Gasteiger partial charge is 0.444 e. The zero-order valence-electron chi connectivity index (χ0n) is 15.7. The third kappa shape index (κ3) is 6.37. The molecule has 0 bridgehead atoms. The number of benzene rings is 1. The minimum Gasteiger partial charge on any atom is -0.444 e. The predicted octanol–water partition coefficient (Wildman–Crippen LogP) is 4.74. The Labute approximate surface area is 159 Å². The number of hydrogen-bond donors (Lipinski definition) is 1. The lowest BCUT2D eigenvalue weighted by Crippen LogP contribution is -2.32. The number of carbonyl (C=O) groups is 1. The van der Waals surface area contributed by atoms with Gasteiger partial charge in [-0.1, -0.05) is 24.4 Å². The molecule has 0 aliphatic carbocycles. The van der Waals surface area contributed by atoms with Crippen LogP contribution >= 0.6 is 11.6 Å². The van der Waals surface area contributed by atoms with E-state index >= 15 is 0 Å². The smallest absolute Gasteiger partial charge is 0.407 e. The van der Waals surface area contributed by atoms with Crippen molar-refractivity contribution in [2.45, 2.75) is 58.6 Å². The van der Waals surface area contributed by atoms with Crippen molar-refractivity contribution in [2.75, 3.05) is 6.54 Å². The SMILES string of the molecule is CC(C)(C)OC(=O)NCCCCCCn1c(=O)ccc2cc(Cl)ccc21. The number of carbonyl (C=O) groups excluding carboxylic acids is 1. The Morgan fingerprint density at radius 2 is 1.85 bits per heavy atom. The summed E-state index contributed by atoms with van der Waals surface area (Å²) in [6.07, 6.45) is 3.40. The number of nitrogens with one attached hydrogen (secondary N) is 1. The lowest BCUT2D eigenvalue weighted by molar-refractivity contribution is 0.0527. The summed E-state index contributed by atoms with van der Waals surface area (Å²) in [4.78, 5) is 23.7. The van der Waals surface area contributed by atoms with Gasteiger partial charge in [0.2, 0.25) is 0 Å². The van der Waals surface area contributed by atoms with Crippen LogP contribution in [0.1, 0.15) is 46.5 Å². The van der Waals surface area contributed by atoms with Crippen LogP contribution in [0.4, 0.5) is 4.79 Å². The molecule has 1 aromatic carbocycles. The topological polar surface area (TPSA) is 60.3 Å². The first-order chi connectivity index (χ1) is 12.3. The Morgan fingerprint density at radius 1 is 1.12 bits per heavy atom. The summed E-state index contributed by atoms with van der Waals surface area (Å²) in [6, 6.07) is 8.97. The Hall–Kier alpha value is -2.01. The van der Waals surface area contributed by atoms with Crippen LogP contribution in [0.15, 0.2) is 35.1 Å². The molecular formula is C20H27ClN2O3. The third-order valence-corrected chi connectivity index (χ3v) is 4.16. The zero-order valence-corrected chi connectivity index (χ0v) is 16.4. The van der Waals surface area contributed by atoms with Crippen LogP contribution in [0.5, 0.6) is 0 Å². The number of halogens is 1. The lowest BCUT2D eigenvalue weighted by atomic mass is 10.1. The van der Waals surface area contributed by atoms with Crippen LogP contribution < -0.4 is 10.9 Å². The molecule has 0 atom stereocenters. The molecule has 0 fully saturated rings. The summed E-state index contributed by atoms with van der Waals surface area (Å²) in [5, 5.41) is 4.40. The molecule has 0 saturated carbocycles. The van der Waals surface area contributed by atoms with Gasteiger partial charge in [-0.05, 0) is 63.3 Å². The van der Waals surface area contributed by atoms with Crippen molar-refractivity contribution in [3.05, 3.63) is 45.7 Å². The van der Waals surface area contributed by atoms with Crippen molar-refractivity contribution in [2.24, 2.45) is 0 Å². The lowest BCUT2D eigenvalue weighted by Gasteiger charge is -2.19. The molecule has 1 aromatic heterocycles. The number of hydrogen-bond acceptors (Lipinski definition) is 3. The van der Waals surface area contributed by atoms with E-state index in [9.17, 15) is 9.59 Å². The van der Waals surface area contributed by atoms with Crippen LogP contribution in [0.3, 0.4) is 0 Å². The van der Waals surface area contributed by atoms with E-state index in [1.54, 1.807) is 10.6 Å². The van der Waals surface area contributed by atoms with Crippen LogP contribution in [-0.4, -0.2) is 22.8 Å².